The summed E-state index contributed by atoms with van der Waals surface area (Å²) < 4.78 is 17.7. The topological polar surface area (TPSA) is 58.6 Å². The van der Waals surface area contributed by atoms with Gasteiger partial charge in [0.2, 0.25) is 0 Å². The lowest BCUT2D eigenvalue weighted by molar-refractivity contribution is -0.144. The predicted octanol–water partition coefficient (Wildman–Crippen LogP) is 0.413. The van der Waals surface area contributed by atoms with Crippen LogP contribution in [0, 0.1) is 5.82 Å². The molecule has 0 spiro atoms. The van der Waals surface area contributed by atoms with Gasteiger partial charge in [0.25, 0.3) is 5.91 Å². The summed E-state index contributed by atoms with van der Waals surface area (Å²) in [5.41, 5.74) is 0.283. The molecule has 1 unspecified atom stereocenters. The van der Waals surface area contributed by atoms with E-state index in [-0.39, 0.29) is 18.0 Å². The number of amides is 1. The molecule has 0 aliphatic carbocycles. The lowest BCUT2D eigenvalue weighted by Crippen LogP contribution is -2.56. The standard InChI is InChI=1S/C13H15FN2O3/c1-19-13(18)11-8-16(6-5-15-11)12(17)9-3-2-4-10(14)7-9/h2-4,7,11,15H,5-6,8H2,1H3. The summed E-state index contributed by atoms with van der Waals surface area (Å²) in [6.07, 6.45) is 0. The Hall–Kier alpha value is -1.95. The van der Waals surface area contributed by atoms with E-state index in [0.717, 1.165) is 0 Å². The second kappa shape index (κ2) is 5.79. The number of ether oxygens (including phenoxy) is 1. The molecule has 19 heavy (non-hydrogen) atoms. The van der Waals surface area contributed by atoms with E-state index in [0.29, 0.717) is 13.1 Å². The summed E-state index contributed by atoms with van der Waals surface area (Å²) in [5, 5.41) is 2.97. The molecule has 2 rings (SSSR count). The van der Waals surface area contributed by atoms with Crippen molar-refractivity contribution in [1.29, 1.82) is 0 Å². The third-order valence-corrected chi connectivity index (χ3v) is 3.02. The molecule has 1 aromatic rings. The van der Waals surface area contributed by atoms with Gasteiger partial charge in [0.15, 0.2) is 0 Å². The fourth-order valence-corrected chi connectivity index (χ4v) is 2.04. The van der Waals surface area contributed by atoms with Crippen LogP contribution in [-0.4, -0.2) is 49.6 Å². The molecule has 0 aromatic heterocycles. The number of halogens is 1. The van der Waals surface area contributed by atoms with Crippen molar-refractivity contribution >= 4 is 11.9 Å². The Balaban J connectivity index is 2.09. The van der Waals surface area contributed by atoms with Gasteiger partial charge in [-0.05, 0) is 18.2 Å². The molecule has 1 N–H and O–H groups in total. The molecular formula is C13H15FN2O3. The Morgan fingerprint density at radius 1 is 1.47 bits per heavy atom. The number of carbonyl (C=O) groups is 2. The average Bonchev–Trinajstić information content (AvgIpc) is 2.45. The SMILES string of the molecule is COC(=O)C1CN(C(=O)c2cccc(F)c2)CCN1. The Morgan fingerprint density at radius 3 is 2.95 bits per heavy atom. The van der Waals surface area contributed by atoms with Crippen LogP contribution in [0.4, 0.5) is 4.39 Å². The first-order valence-corrected chi connectivity index (χ1v) is 5.98. The van der Waals surface area contributed by atoms with Crippen molar-refractivity contribution in [2.75, 3.05) is 26.7 Å². The molecule has 1 amide bonds. The number of carbonyl (C=O) groups excluding carboxylic acids is 2. The minimum Gasteiger partial charge on any atom is -0.468 e. The Labute approximate surface area is 110 Å². The number of methoxy groups -OCH3 is 1. The third kappa shape index (κ3) is 3.08. The van der Waals surface area contributed by atoms with Gasteiger partial charge in [-0.25, -0.2) is 4.39 Å². The second-order valence-electron chi connectivity index (χ2n) is 4.29. The van der Waals surface area contributed by atoms with Gasteiger partial charge in [-0.15, -0.1) is 0 Å². The number of piperazine rings is 1. The molecule has 6 heteroatoms. The van der Waals surface area contributed by atoms with E-state index in [2.05, 4.69) is 10.1 Å². The van der Waals surface area contributed by atoms with Crippen LogP contribution in [0.1, 0.15) is 10.4 Å². The molecular weight excluding hydrogens is 251 g/mol. The molecule has 1 aliphatic rings. The van der Waals surface area contributed by atoms with Crippen LogP contribution in [0.25, 0.3) is 0 Å². The van der Waals surface area contributed by atoms with E-state index in [1.165, 1.54) is 30.2 Å². The number of nitrogens with zero attached hydrogens (tertiary/aromatic N) is 1. The van der Waals surface area contributed by atoms with E-state index in [1.807, 2.05) is 0 Å². The Kier molecular flexibility index (Phi) is 4.11. The van der Waals surface area contributed by atoms with Gasteiger partial charge in [0, 0.05) is 25.2 Å². The predicted molar refractivity (Wildman–Crippen MR) is 66.1 cm³/mol. The van der Waals surface area contributed by atoms with E-state index < -0.39 is 17.8 Å². The van der Waals surface area contributed by atoms with Crippen molar-refractivity contribution in [3.05, 3.63) is 35.6 Å². The molecule has 1 fully saturated rings. The summed E-state index contributed by atoms with van der Waals surface area (Å²) in [5.74, 6) is -1.14. The van der Waals surface area contributed by atoms with Gasteiger partial charge in [-0.3, -0.25) is 9.59 Å². The van der Waals surface area contributed by atoms with Gasteiger partial charge >= 0.3 is 5.97 Å². The van der Waals surface area contributed by atoms with E-state index in [1.54, 1.807) is 6.07 Å². The molecule has 0 bridgehead atoms. The summed E-state index contributed by atoms with van der Waals surface area (Å²) in [6.45, 7) is 1.20. The molecule has 0 saturated carbocycles. The minimum absolute atomic E-state index is 0.224. The first-order chi connectivity index (χ1) is 9.11. The molecule has 1 aromatic carbocycles. The molecule has 0 radical (unpaired) electrons. The normalized spacial score (nSPS) is 19.1. The molecule has 102 valence electrons. The van der Waals surface area contributed by atoms with Gasteiger partial charge in [-0.2, -0.15) is 0 Å². The number of rotatable bonds is 2. The number of esters is 1. The molecule has 1 saturated heterocycles. The van der Waals surface area contributed by atoms with Crippen LogP contribution in [0.2, 0.25) is 0 Å². The number of hydrogen-bond donors (Lipinski definition) is 1. The zero-order chi connectivity index (χ0) is 13.8. The molecule has 1 heterocycles. The monoisotopic (exact) mass is 266 g/mol. The average molecular weight is 266 g/mol. The van der Waals surface area contributed by atoms with Crippen LogP contribution < -0.4 is 5.32 Å². The van der Waals surface area contributed by atoms with Gasteiger partial charge in [0.1, 0.15) is 11.9 Å². The fraction of sp³-hybridized carbons (Fsp3) is 0.385. The van der Waals surface area contributed by atoms with Crippen LogP contribution in [0.15, 0.2) is 24.3 Å². The first-order valence-electron chi connectivity index (χ1n) is 5.98. The van der Waals surface area contributed by atoms with Crippen LogP contribution >= 0.6 is 0 Å². The smallest absolute Gasteiger partial charge is 0.324 e. The number of nitrogens with one attached hydrogen (secondary N) is 1. The van der Waals surface area contributed by atoms with Crippen molar-refractivity contribution in [2.45, 2.75) is 6.04 Å². The Bertz CT molecular complexity index is 493. The van der Waals surface area contributed by atoms with Gasteiger partial charge in [-0.1, -0.05) is 6.07 Å². The quantitative estimate of drug-likeness (QED) is 0.788. The van der Waals surface area contributed by atoms with Crippen molar-refractivity contribution in [3.63, 3.8) is 0 Å². The maximum Gasteiger partial charge on any atom is 0.324 e. The first kappa shape index (κ1) is 13.5. The van der Waals surface area contributed by atoms with Gasteiger partial charge in [0.05, 0.1) is 7.11 Å². The highest BCUT2D eigenvalue weighted by Crippen LogP contribution is 2.10. The van der Waals surface area contributed by atoms with Crippen molar-refractivity contribution in [2.24, 2.45) is 0 Å². The van der Waals surface area contributed by atoms with Crippen LogP contribution in [-0.2, 0) is 9.53 Å². The van der Waals surface area contributed by atoms with Gasteiger partial charge < -0.3 is 15.0 Å². The maximum atomic E-state index is 13.1. The largest absolute Gasteiger partial charge is 0.468 e. The van der Waals surface area contributed by atoms with E-state index in [4.69, 9.17) is 0 Å². The lowest BCUT2D eigenvalue weighted by atomic mass is 10.1. The molecule has 5 nitrogen and oxygen atoms in total. The zero-order valence-corrected chi connectivity index (χ0v) is 10.6. The highest BCUT2D eigenvalue weighted by Gasteiger charge is 2.29. The highest BCUT2D eigenvalue weighted by atomic mass is 19.1. The van der Waals surface area contributed by atoms with E-state index in [9.17, 15) is 14.0 Å². The fourth-order valence-electron chi connectivity index (χ4n) is 2.04. The van der Waals surface area contributed by atoms with Crippen LogP contribution in [0.5, 0.6) is 0 Å². The third-order valence-electron chi connectivity index (χ3n) is 3.02. The Morgan fingerprint density at radius 2 is 2.26 bits per heavy atom. The van der Waals surface area contributed by atoms with Crippen molar-refractivity contribution < 1.29 is 18.7 Å². The lowest BCUT2D eigenvalue weighted by Gasteiger charge is -2.32. The maximum absolute atomic E-state index is 13.1. The summed E-state index contributed by atoms with van der Waals surface area (Å²) in [4.78, 5) is 25.2. The summed E-state index contributed by atoms with van der Waals surface area (Å²) >= 11 is 0. The van der Waals surface area contributed by atoms with E-state index >= 15 is 0 Å². The van der Waals surface area contributed by atoms with Crippen molar-refractivity contribution in [1.82, 2.24) is 10.2 Å². The summed E-state index contributed by atoms with van der Waals surface area (Å²) in [7, 11) is 1.30. The van der Waals surface area contributed by atoms with Crippen LogP contribution in [0.3, 0.4) is 0 Å². The zero-order valence-electron chi connectivity index (χ0n) is 10.6. The minimum atomic E-state index is -0.531. The number of benzene rings is 1. The second-order valence-corrected chi connectivity index (χ2v) is 4.29. The van der Waals surface area contributed by atoms with Crippen molar-refractivity contribution in [3.8, 4) is 0 Å². The molecule has 1 aliphatic heterocycles. The number of hydrogen-bond acceptors (Lipinski definition) is 4. The highest BCUT2D eigenvalue weighted by molar-refractivity contribution is 5.94. The molecule has 1 atom stereocenters. The summed E-state index contributed by atoms with van der Waals surface area (Å²) in [6, 6.07) is 4.99.